The van der Waals surface area contributed by atoms with Gasteiger partial charge in [0.2, 0.25) is 11.8 Å². The Hall–Kier alpha value is -3.10. The summed E-state index contributed by atoms with van der Waals surface area (Å²) in [6, 6.07) is 7.93. The Morgan fingerprint density at radius 2 is 1.65 bits per heavy atom. The van der Waals surface area contributed by atoms with Crippen molar-refractivity contribution >= 4 is 34.1 Å². The summed E-state index contributed by atoms with van der Waals surface area (Å²) < 4.78 is 0. The van der Waals surface area contributed by atoms with Gasteiger partial charge in [0.15, 0.2) is 5.13 Å². The largest absolute Gasteiger partial charge is 0.310 e. The molecule has 0 atom stereocenters. The lowest BCUT2D eigenvalue weighted by Crippen LogP contribution is -2.36. The summed E-state index contributed by atoms with van der Waals surface area (Å²) in [6.45, 7) is 8.31. The van der Waals surface area contributed by atoms with E-state index < -0.39 is 0 Å². The number of hydrogen-bond donors (Lipinski definition) is 2. The lowest BCUT2D eigenvalue weighted by atomic mass is 9.99. The Morgan fingerprint density at radius 3 is 2.35 bits per heavy atom. The molecule has 0 unspecified atom stereocenters. The smallest absolute Gasteiger partial charge is 0.240 e. The number of nitrogens with zero attached hydrogens (tertiary/aromatic N) is 3. The number of nitrogens with one attached hydrogen (secondary N) is 2. The van der Waals surface area contributed by atoms with Crippen molar-refractivity contribution in [1.82, 2.24) is 14.9 Å². The topological polar surface area (TPSA) is 87.2 Å². The highest BCUT2D eigenvalue weighted by molar-refractivity contribution is 7.14. The quantitative estimate of drug-likeness (QED) is 0.584. The molecule has 1 aromatic carbocycles. The van der Waals surface area contributed by atoms with E-state index in [1.54, 1.807) is 24.2 Å². The summed E-state index contributed by atoms with van der Waals surface area (Å²) in [5.74, 6) is 0.0524. The molecule has 3 rings (SSSR count). The average Bonchev–Trinajstić information content (AvgIpc) is 3.12. The van der Waals surface area contributed by atoms with Crippen LogP contribution in [0.4, 0.5) is 10.9 Å². The zero-order valence-electron chi connectivity index (χ0n) is 18.4. The maximum absolute atomic E-state index is 12.4. The van der Waals surface area contributed by atoms with E-state index in [-0.39, 0.29) is 24.9 Å². The van der Waals surface area contributed by atoms with Gasteiger partial charge in [0.05, 0.1) is 18.8 Å². The Kier molecular flexibility index (Phi) is 7.14. The lowest BCUT2D eigenvalue weighted by molar-refractivity contribution is -0.119. The van der Waals surface area contributed by atoms with Crippen LogP contribution in [0.5, 0.6) is 0 Å². The fraction of sp³-hybridized carbons (Fsp3) is 0.304. The predicted octanol–water partition coefficient (Wildman–Crippen LogP) is 3.95. The van der Waals surface area contributed by atoms with Gasteiger partial charge >= 0.3 is 0 Å². The first kappa shape index (κ1) is 22.6. The highest BCUT2D eigenvalue weighted by Gasteiger charge is 2.14. The molecular formula is C23H27N5O2S. The van der Waals surface area contributed by atoms with Gasteiger partial charge in [0.25, 0.3) is 0 Å². The van der Waals surface area contributed by atoms with E-state index in [0.717, 1.165) is 22.4 Å². The summed E-state index contributed by atoms with van der Waals surface area (Å²) in [6.07, 6.45) is 1.64. The number of benzene rings is 1. The van der Waals surface area contributed by atoms with Gasteiger partial charge in [-0.05, 0) is 75.2 Å². The molecule has 0 fully saturated rings. The van der Waals surface area contributed by atoms with E-state index in [1.807, 2.05) is 18.4 Å². The van der Waals surface area contributed by atoms with Gasteiger partial charge in [-0.15, -0.1) is 11.3 Å². The van der Waals surface area contributed by atoms with Crippen molar-refractivity contribution < 1.29 is 9.59 Å². The minimum atomic E-state index is -0.227. The van der Waals surface area contributed by atoms with Crippen LogP contribution in [-0.4, -0.2) is 46.8 Å². The zero-order chi connectivity index (χ0) is 22.5. The summed E-state index contributed by atoms with van der Waals surface area (Å²) in [4.78, 5) is 34.9. The number of hydrogen-bond acceptors (Lipinski definition) is 6. The van der Waals surface area contributed by atoms with Gasteiger partial charge in [-0.3, -0.25) is 14.5 Å². The molecule has 0 saturated heterocycles. The molecule has 0 aliphatic heterocycles. The molecule has 2 heterocycles. The van der Waals surface area contributed by atoms with E-state index in [9.17, 15) is 9.59 Å². The normalized spacial score (nSPS) is 10.9. The highest BCUT2D eigenvalue weighted by atomic mass is 32.1. The minimum Gasteiger partial charge on any atom is -0.310 e. The Balaban J connectivity index is 1.54. The monoisotopic (exact) mass is 437 g/mol. The molecule has 7 nitrogen and oxygen atoms in total. The molecule has 0 aliphatic rings. The van der Waals surface area contributed by atoms with Gasteiger partial charge in [0, 0.05) is 17.1 Å². The van der Waals surface area contributed by atoms with Gasteiger partial charge in [0.1, 0.15) is 5.82 Å². The predicted molar refractivity (Wildman–Crippen MR) is 125 cm³/mol. The zero-order valence-corrected chi connectivity index (χ0v) is 19.3. The third kappa shape index (κ3) is 6.19. The van der Waals surface area contributed by atoms with E-state index >= 15 is 0 Å². The summed E-state index contributed by atoms with van der Waals surface area (Å²) in [5, 5.41) is 8.04. The number of likely N-dealkylation sites (N-methyl/N-ethyl adjacent to an activating group) is 1. The van der Waals surface area contributed by atoms with Crippen LogP contribution in [-0.2, 0) is 9.59 Å². The van der Waals surface area contributed by atoms with Crippen molar-refractivity contribution in [3.63, 3.8) is 0 Å². The molecule has 2 aromatic heterocycles. The maximum Gasteiger partial charge on any atom is 0.240 e. The second-order valence-corrected chi connectivity index (χ2v) is 8.63. The maximum atomic E-state index is 12.4. The number of aryl methyl sites for hydroxylation is 4. The summed E-state index contributed by atoms with van der Waals surface area (Å²) in [7, 11) is 1.72. The fourth-order valence-corrected chi connectivity index (χ4v) is 3.91. The van der Waals surface area contributed by atoms with Gasteiger partial charge in [-0.1, -0.05) is 6.07 Å². The second kappa shape index (κ2) is 9.80. The first-order chi connectivity index (χ1) is 14.7. The van der Waals surface area contributed by atoms with E-state index in [0.29, 0.717) is 10.9 Å². The third-order valence-corrected chi connectivity index (χ3v) is 5.63. The molecule has 0 spiro atoms. The molecule has 0 bridgehead atoms. The number of carbonyl (C=O) groups excluding carboxylic acids is 2. The Labute approximate surface area is 186 Å². The number of amides is 2. The molecule has 0 aliphatic carbocycles. The third-order valence-electron chi connectivity index (χ3n) is 4.88. The van der Waals surface area contributed by atoms with Crippen molar-refractivity contribution in [3.05, 3.63) is 58.1 Å². The molecule has 162 valence electrons. The fourth-order valence-electron chi connectivity index (χ4n) is 3.18. The minimum absolute atomic E-state index is 0.0756. The first-order valence-corrected chi connectivity index (χ1v) is 10.8. The lowest BCUT2D eigenvalue weighted by Gasteiger charge is -2.15. The first-order valence-electron chi connectivity index (χ1n) is 9.96. The van der Waals surface area contributed by atoms with Crippen LogP contribution in [0.2, 0.25) is 0 Å². The standard InChI is InChI=1S/C23H27N5O2S/c1-14-6-7-24-20(8-14)26-21(29)11-28(5)12-22(30)27-23-25-19(13-31-23)18-10-16(3)15(2)9-17(18)4/h6-10,13H,11-12H2,1-5H3,(H,24,26,29)(H,25,27,30). The van der Waals surface area contributed by atoms with E-state index in [4.69, 9.17) is 0 Å². The van der Waals surface area contributed by atoms with E-state index in [2.05, 4.69) is 53.5 Å². The molecule has 8 heteroatoms. The number of anilines is 2. The molecule has 2 amide bonds. The van der Waals surface area contributed by atoms with Crippen molar-refractivity contribution in [2.45, 2.75) is 27.7 Å². The highest BCUT2D eigenvalue weighted by Crippen LogP contribution is 2.29. The Bertz CT molecular complexity index is 1110. The van der Waals surface area contributed by atoms with Crippen molar-refractivity contribution in [2.75, 3.05) is 30.8 Å². The van der Waals surface area contributed by atoms with Crippen molar-refractivity contribution in [2.24, 2.45) is 0 Å². The summed E-state index contributed by atoms with van der Waals surface area (Å²) >= 11 is 1.39. The van der Waals surface area contributed by atoms with Crippen LogP contribution in [0, 0.1) is 27.7 Å². The van der Waals surface area contributed by atoms with Crippen LogP contribution in [0.15, 0.2) is 35.8 Å². The number of aromatic nitrogens is 2. The van der Waals surface area contributed by atoms with Crippen LogP contribution < -0.4 is 10.6 Å². The van der Waals surface area contributed by atoms with Gasteiger partial charge < -0.3 is 10.6 Å². The number of pyridine rings is 1. The van der Waals surface area contributed by atoms with Crippen molar-refractivity contribution in [3.8, 4) is 11.3 Å². The number of carbonyl (C=O) groups is 2. The molecule has 2 N–H and O–H groups in total. The molecule has 31 heavy (non-hydrogen) atoms. The molecule has 3 aromatic rings. The van der Waals surface area contributed by atoms with Crippen LogP contribution in [0.25, 0.3) is 11.3 Å². The SMILES string of the molecule is Cc1ccnc(NC(=O)CN(C)CC(=O)Nc2nc(-c3cc(C)c(C)cc3C)cs2)c1. The number of rotatable bonds is 7. The van der Waals surface area contributed by atoms with Crippen LogP contribution in [0.3, 0.4) is 0 Å². The van der Waals surface area contributed by atoms with Gasteiger partial charge in [-0.2, -0.15) is 0 Å². The Morgan fingerprint density at radius 1 is 0.968 bits per heavy atom. The average molecular weight is 438 g/mol. The molecule has 0 radical (unpaired) electrons. The molecule has 0 saturated carbocycles. The van der Waals surface area contributed by atoms with Crippen LogP contribution in [0.1, 0.15) is 22.3 Å². The van der Waals surface area contributed by atoms with Crippen molar-refractivity contribution in [1.29, 1.82) is 0 Å². The molecular weight excluding hydrogens is 410 g/mol. The summed E-state index contributed by atoms with van der Waals surface area (Å²) in [5.41, 5.74) is 6.53. The van der Waals surface area contributed by atoms with Crippen LogP contribution >= 0.6 is 11.3 Å². The van der Waals surface area contributed by atoms with E-state index in [1.165, 1.54) is 22.5 Å². The second-order valence-electron chi connectivity index (χ2n) is 7.78. The van der Waals surface area contributed by atoms with Gasteiger partial charge in [-0.25, -0.2) is 9.97 Å². The number of thiazole rings is 1.